The third-order valence-electron chi connectivity index (χ3n) is 5.23. The highest BCUT2D eigenvalue weighted by Crippen LogP contribution is 2.22. The lowest BCUT2D eigenvalue weighted by molar-refractivity contribution is -0.122. The number of rotatable bonds is 8. The highest BCUT2D eigenvalue weighted by molar-refractivity contribution is 6.43. The molecule has 0 fully saturated rings. The van der Waals surface area contributed by atoms with E-state index in [2.05, 4.69) is 10.6 Å². The molecule has 3 aromatic rings. The number of furan rings is 1. The molecule has 0 saturated heterocycles. The molecule has 0 aliphatic carbocycles. The van der Waals surface area contributed by atoms with Crippen LogP contribution in [0.25, 0.3) is 11.0 Å². The van der Waals surface area contributed by atoms with Crippen molar-refractivity contribution in [2.45, 2.75) is 52.0 Å². The maximum Gasteiger partial charge on any atom is 0.475 e. The number of aryl methyl sites for hydroxylation is 1. The third kappa shape index (κ3) is 10.2. The summed E-state index contributed by atoms with van der Waals surface area (Å²) in [5.41, 5.74) is 2.31. The van der Waals surface area contributed by atoms with Gasteiger partial charge < -0.3 is 29.8 Å². The standard InChI is InChI=1S/C20H22BNO5.C7H13N3O/c1-14-5-4-6-16(11-14)26-10-9-20(23)22-19(21(24)25)12-15-13-27-18-8-3-2-7-17(15)18;1-7(2,3)9-6(11)10(4)5-8/h2-8,11,13,19,24-25H,9-10,12H2,1H3,(H,22,23);1-4H3,(H,9,11). The lowest BCUT2D eigenvalue weighted by Gasteiger charge is -2.21. The number of hydrogen-bond acceptors (Lipinski definition) is 7. The van der Waals surface area contributed by atoms with Crippen LogP contribution in [0.3, 0.4) is 0 Å². The summed E-state index contributed by atoms with van der Waals surface area (Å²) < 4.78 is 11.0. The first-order valence-corrected chi connectivity index (χ1v) is 12.2. The summed E-state index contributed by atoms with van der Waals surface area (Å²) in [5.74, 6) is -0.447. The van der Waals surface area contributed by atoms with Crippen LogP contribution in [0.15, 0.2) is 59.2 Å². The number of benzene rings is 2. The molecule has 3 rings (SSSR count). The molecule has 11 heteroatoms. The van der Waals surface area contributed by atoms with Crippen LogP contribution in [0, 0.1) is 18.4 Å². The van der Waals surface area contributed by atoms with Crippen LogP contribution in [0.1, 0.15) is 38.3 Å². The molecule has 38 heavy (non-hydrogen) atoms. The van der Waals surface area contributed by atoms with Crippen LogP contribution in [0.4, 0.5) is 4.79 Å². The number of urea groups is 1. The van der Waals surface area contributed by atoms with Gasteiger partial charge in [-0.25, -0.2) is 9.69 Å². The molecule has 0 aliphatic heterocycles. The molecule has 0 spiro atoms. The van der Waals surface area contributed by atoms with Crippen molar-refractivity contribution in [3.8, 4) is 11.9 Å². The molecule has 4 N–H and O–H groups in total. The second kappa shape index (κ2) is 14.1. The summed E-state index contributed by atoms with van der Waals surface area (Å²) in [4.78, 5) is 24.1. The monoisotopic (exact) mass is 522 g/mol. The molecule has 1 heterocycles. The number of nitrogens with one attached hydrogen (secondary N) is 2. The van der Waals surface area contributed by atoms with Crippen molar-refractivity contribution in [1.29, 1.82) is 5.26 Å². The van der Waals surface area contributed by atoms with Gasteiger partial charge in [-0.05, 0) is 63.4 Å². The zero-order chi connectivity index (χ0) is 28.3. The van der Waals surface area contributed by atoms with Gasteiger partial charge in [-0.1, -0.05) is 30.3 Å². The van der Waals surface area contributed by atoms with E-state index >= 15 is 0 Å². The van der Waals surface area contributed by atoms with Crippen LogP contribution in [-0.2, 0) is 11.2 Å². The van der Waals surface area contributed by atoms with Gasteiger partial charge in [0.05, 0.1) is 25.2 Å². The average molecular weight is 522 g/mol. The maximum absolute atomic E-state index is 12.2. The summed E-state index contributed by atoms with van der Waals surface area (Å²) in [7, 11) is -0.263. The molecule has 3 amide bonds. The Morgan fingerprint density at radius 1 is 1.18 bits per heavy atom. The number of ether oxygens (including phenoxy) is 1. The fourth-order valence-electron chi connectivity index (χ4n) is 3.35. The number of carbonyl (C=O) groups excluding carboxylic acids is 2. The first-order valence-electron chi connectivity index (χ1n) is 12.2. The Morgan fingerprint density at radius 2 is 1.89 bits per heavy atom. The molecule has 1 aromatic heterocycles. The Hall–Kier alpha value is -4.01. The molecular formula is C27H35BN4O6. The summed E-state index contributed by atoms with van der Waals surface area (Å²) in [6.07, 6.45) is 3.65. The summed E-state index contributed by atoms with van der Waals surface area (Å²) in [5, 5.41) is 33.8. The van der Waals surface area contributed by atoms with Crippen LogP contribution < -0.4 is 15.4 Å². The van der Waals surface area contributed by atoms with E-state index in [1.165, 1.54) is 7.05 Å². The summed E-state index contributed by atoms with van der Waals surface area (Å²) >= 11 is 0. The second-order valence-corrected chi connectivity index (χ2v) is 9.80. The fourth-order valence-corrected chi connectivity index (χ4v) is 3.35. The molecular weight excluding hydrogens is 487 g/mol. The minimum absolute atomic E-state index is 0.114. The second-order valence-electron chi connectivity index (χ2n) is 9.80. The predicted octanol–water partition coefficient (Wildman–Crippen LogP) is 3.16. The molecule has 202 valence electrons. The first kappa shape index (κ1) is 30.2. The average Bonchev–Trinajstić information content (AvgIpc) is 3.25. The topological polar surface area (TPSA) is 148 Å². The SMILES string of the molecule is CN(C#N)C(=O)NC(C)(C)C.Cc1cccc(OCCC(=O)NC(Cc2coc3ccccc23)B(O)O)c1. The van der Waals surface area contributed by atoms with Crippen molar-refractivity contribution in [2.75, 3.05) is 13.7 Å². The fraction of sp³-hybridized carbons (Fsp3) is 0.370. The predicted molar refractivity (Wildman–Crippen MR) is 145 cm³/mol. The summed E-state index contributed by atoms with van der Waals surface area (Å²) in [6, 6.07) is 14.7. The zero-order valence-electron chi connectivity index (χ0n) is 22.4. The van der Waals surface area contributed by atoms with Gasteiger partial charge in [-0.3, -0.25) is 4.79 Å². The van der Waals surface area contributed by atoms with E-state index in [4.69, 9.17) is 14.4 Å². The minimum atomic E-state index is -1.68. The van der Waals surface area contributed by atoms with Gasteiger partial charge in [0.2, 0.25) is 5.91 Å². The van der Waals surface area contributed by atoms with Crippen LogP contribution >= 0.6 is 0 Å². The Kier molecular flexibility index (Phi) is 11.2. The number of para-hydroxylation sites is 1. The smallest absolute Gasteiger partial charge is 0.475 e. The highest BCUT2D eigenvalue weighted by atomic mass is 16.5. The molecule has 0 saturated carbocycles. The van der Waals surface area contributed by atoms with Gasteiger partial charge in [0.25, 0.3) is 0 Å². The van der Waals surface area contributed by atoms with E-state index in [1.807, 2.05) is 76.2 Å². The molecule has 0 bridgehead atoms. The molecule has 2 aromatic carbocycles. The quantitative estimate of drug-likeness (QED) is 0.202. The van der Waals surface area contributed by atoms with E-state index < -0.39 is 13.1 Å². The number of carbonyl (C=O) groups is 2. The van der Waals surface area contributed by atoms with Crippen molar-refractivity contribution >= 4 is 30.0 Å². The van der Waals surface area contributed by atoms with Gasteiger partial charge in [-0.15, -0.1) is 0 Å². The number of fused-ring (bicyclic) bond motifs is 1. The zero-order valence-corrected chi connectivity index (χ0v) is 22.4. The third-order valence-corrected chi connectivity index (χ3v) is 5.23. The maximum atomic E-state index is 12.2. The van der Waals surface area contributed by atoms with Gasteiger partial charge in [-0.2, -0.15) is 5.26 Å². The summed E-state index contributed by atoms with van der Waals surface area (Å²) in [6.45, 7) is 7.74. The van der Waals surface area contributed by atoms with Gasteiger partial charge in [0.15, 0.2) is 6.19 Å². The molecule has 0 aliphatic rings. The highest BCUT2D eigenvalue weighted by Gasteiger charge is 2.27. The lowest BCUT2D eigenvalue weighted by Crippen LogP contribution is -2.48. The molecule has 1 unspecified atom stereocenters. The van der Waals surface area contributed by atoms with Crippen molar-refractivity contribution in [1.82, 2.24) is 15.5 Å². The van der Waals surface area contributed by atoms with Crippen molar-refractivity contribution < 1.29 is 28.8 Å². The normalized spacial score (nSPS) is 11.4. The van der Waals surface area contributed by atoms with Crippen LogP contribution in [-0.4, -0.2) is 59.1 Å². The number of nitriles is 1. The first-order chi connectivity index (χ1) is 17.9. The van der Waals surface area contributed by atoms with Crippen molar-refractivity contribution in [3.63, 3.8) is 0 Å². The minimum Gasteiger partial charge on any atom is -0.493 e. The van der Waals surface area contributed by atoms with Gasteiger partial charge in [0.1, 0.15) is 11.3 Å². The van der Waals surface area contributed by atoms with E-state index in [0.717, 1.165) is 27.0 Å². The molecule has 0 radical (unpaired) electrons. The van der Waals surface area contributed by atoms with E-state index in [1.54, 1.807) is 12.5 Å². The largest absolute Gasteiger partial charge is 0.493 e. The van der Waals surface area contributed by atoms with E-state index in [9.17, 15) is 19.6 Å². The van der Waals surface area contributed by atoms with Crippen molar-refractivity contribution in [3.05, 3.63) is 65.9 Å². The Balaban J connectivity index is 0.000000391. The lowest BCUT2D eigenvalue weighted by atomic mass is 9.76. The van der Waals surface area contributed by atoms with E-state index in [-0.39, 0.29) is 36.9 Å². The van der Waals surface area contributed by atoms with Crippen molar-refractivity contribution in [2.24, 2.45) is 0 Å². The Bertz CT molecular complexity index is 1250. The molecule has 10 nitrogen and oxygen atoms in total. The number of hydrogen-bond donors (Lipinski definition) is 4. The van der Waals surface area contributed by atoms with Gasteiger partial charge >= 0.3 is 13.1 Å². The van der Waals surface area contributed by atoms with Crippen LogP contribution in [0.2, 0.25) is 0 Å². The molecule has 1 atom stereocenters. The Morgan fingerprint density at radius 3 is 2.53 bits per heavy atom. The number of amides is 3. The Labute approximate surface area is 223 Å². The number of nitrogens with zero attached hydrogens (tertiary/aromatic N) is 2. The van der Waals surface area contributed by atoms with Crippen LogP contribution in [0.5, 0.6) is 5.75 Å². The van der Waals surface area contributed by atoms with Gasteiger partial charge in [0, 0.05) is 18.0 Å². The van der Waals surface area contributed by atoms with E-state index in [0.29, 0.717) is 5.75 Å².